The SMILES string of the molecule is CCC1COC(C)CN1C(=O)N1CCC(C(=O)O)CC1. The lowest BCUT2D eigenvalue weighted by Crippen LogP contribution is -2.56. The lowest BCUT2D eigenvalue weighted by atomic mass is 9.97. The van der Waals surface area contributed by atoms with Crippen molar-refractivity contribution in [2.24, 2.45) is 5.92 Å². The first-order chi connectivity index (χ1) is 9.52. The number of hydrogen-bond donors (Lipinski definition) is 1. The molecule has 2 amide bonds. The molecule has 0 saturated carbocycles. The summed E-state index contributed by atoms with van der Waals surface area (Å²) < 4.78 is 5.61. The zero-order valence-corrected chi connectivity index (χ0v) is 12.2. The van der Waals surface area contributed by atoms with Crippen molar-refractivity contribution >= 4 is 12.0 Å². The third-order valence-electron chi connectivity index (χ3n) is 4.30. The molecule has 2 heterocycles. The Balaban J connectivity index is 1.95. The van der Waals surface area contributed by atoms with Crippen LogP contribution in [0, 0.1) is 5.92 Å². The number of ether oxygens (including phenoxy) is 1. The summed E-state index contributed by atoms with van der Waals surface area (Å²) in [7, 11) is 0. The van der Waals surface area contributed by atoms with E-state index in [1.54, 1.807) is 4.90 Å². The number of piperidine rings is 1. The van der Waals surface area contributed by atoms with Crippen LogP contribution in [0.3, 0.4) is 0 Å². The van der Waals surface area contributed by atoms with Crippen molar-refractivity contribution in [3.8, 4) is 0 Å². The maximum Gasteiger partial charge on any atom is 0.320 e. The summed E-state index contributed by atoms with van der Waals surface area (Å²) in [5.41, 5.74) is 0. The minimum Gasteiger partial charge on any atom is -0.481 e. The van der Waals surface area contributed by atoms with Gasteiger partial charge in [-0.2, -0.15) is 0 Å². The number of aliphatic carboxylic acids is 1. The number of urea groups is 1. The van der Waals surface area contributed by atoms with E-state index in [-0.39, 0.29) is 24.1 Å². The van der Waals surface area contributed by atoms with Crippen LogP contribution in [0.1, 0.15) is 33.1 Å². The minimum absolute atomic E-state index is 0.0378. The van der Waals surface area contributed by atoms with E-state index in [9.17, 15) is 9.59 Å². The standard InChI is InChI=1S/C14H24N2O4/c1-3-12-9-20-10(2)8-16(12)14(19)15-6-4-11(5-7-15)13(17)18/h10-12H,3-9H2,1-2H3,(H,17,18). The van der Waals surface area contributed by atoms with Gasteiger partial charge in [-0.1, -0.05) is 6.92 Å². The summed E-state index contributed by atoms with van der Waals surface area (Å²) in [5, 5.41) is 9.00. The van der Waals surface area contributed by atoms with E-state index < -0.39 is 5.97 Å². The van der Waals surface area contributed by atoms with Crippen LogP contribution in [0.4, 0.5) is 4.79 Å². The van der Waals surface area contributed by atoms with Gasteiger partial charge in [0.25, 0.3) is 0 Å². The topological polar surface area (TPSA) is 70.1 Å². The van der Waals surface area contributed by atoms with Gasteiger partial charge in [-0.05, 0) is 26.2 Å². The molecule has 2 saturated heterocycles. The lowest BCUT2D eigenvalue weighted by molar-refractivity contribution is -0.143. The predicted octanol–water partition coefficient (Wildman–Crippen LogP) is 1.40. The van der Waals surface area contributed by atoms with E-state index in [0.717, 1.165) is 6.42 Å². The van der Waals surface area contributed by atoms with Crippen molar-refractivity contribution in [2.75, 3.05) is 26.2 Å². The highest BCUT2D eigenvalue weighted by Crippen LogP contribution is 2.21. The monoisotopic (exact) mass is 284 g/mol. The van der Waals surface area contributed by atoms with Crippen LogP contribution in [-0.2, 0) is 9.53 Å². The second-order valence-electron chi connectivity index (χ2n) is 5.74. The summed E-state index contributed by atoms with van der Waals surface area (Å²) in [5.74, 6) is -1.05. The maximum atomic E-state index is 12.6. The van der Waals surface area contributed by atoms with Gasteiger partial charge < -0.3 is 19.6 Å². The molecule has 0 aromatic carbocycles. The number of morpholine rings is 1. The number of carbonyl (C=O) groups is 2. The summed E-state index contributed by atoms with van der Waals surface area (Å²) >= 11 is 0. The van der Waals surface area contributed by atoms with E-state index in [1.165, 1.54) is 0 Å². The number of carbonyl (C=O) groups excluding carboxylic acids is 1. The Morgan fingerprint density at radius 3 is 2.50 bits per heavy atom. The fourth-order valence-corrected chi connectivity index (χ4v) is 2.92. The summed E-state index contributed by atoms with van der Waals surface area (Å²) in [4.78, 5) is 27.2. The van der Waals surface area contributed by atoms with Crippen LogP contribution >= 0.6 is 0 Å². The Bertz CT molecular complexity index is 366. The average Bonchev–Trinajstić information content (AvgIpc) is 2.46. The number of carboxylic acids is 1. The molecule has 6 nitrogen and oxygen atoms in total. The summed E-state index contributed by atoms with van der Waals surface area (Å²) in [6.07, 6.45) is 2.05. The third kappa shape index (κ3) is 3.23. The second kappa shape index (κ2) is 6.43. The molecule has 0 bridgehead atoms. The van der Waals surface area contributed by atoms with Gasteiger partial charge in [0, 0.05) is 19.6 Å². The molecular weight excluding hydrogens is 260 g/mol. The summed E-state index contributed by atoms with van der Waals surface area (Å²) in [6, 6.07) is 0.173. The van der Waals surface area contributed by atoms with Crippen LogP contribution in [0.2, 0.25) is 0 Å². The smallest absolute Gasteiger partial charge is 0.320 e. The van der Waals surface area contributed by atoms with E-state index in [4.69, 9.17) is 9.84 Å². The Morgan fingerprint density at radius 2 is 1.95 bits per heavy atom. The number of nitrogens with zero attached hydrogens (tertiary/aromatic N) is 2. The Kier molecular flexibility index (Phi) is 4.86. The van der Waals surface area contributed by atoms with Gasteiger partial charge in [-0.25, -0.2) is 4.79 Å². The molecule has 2 rings (SSSR count). The van der Waals surface area contributed by atoms with Crippen molar-refractivity contribution < 1.29 is 19.4 Å². The molecule has 0 aromatic heterocycles. The molecule has 6 heteroatoms. The van der Waals surface area contributed by atoms with Gasteiger partial charge >= 0.3 is 12.0 Å². The Morgan fingerprint density at radius 1 is 1.30 bits per heavy atom. The number of rotatable bonds is 2. The van der Waals surface area contributed by atoms with Crippen molar-refractivity contribution in [1.82, 2.24) is 9.80 Å². The number of hydrogen-bond acceptors (Lipinski definition) is 3. The highest BCUT2D eigenvalue weighted by atomic mass is 16.5. The van der Waals surface area contributed by atoms with Gasteiger partial charge in [-0.15, -0.1) is 0 Å². The van der Waals surface area contributed by atoms with Gasteiger partial charge in [0.2, 0.25) is 0 Å². The zero-order valence-electron chi connectivity index (χ0n) is 12.2. The van der Waals surface area contributed by atoms with Crippen molar-refractivity contribution in [3.63, 3.8) is 0 Å². The van der Waals surface area contributed by atoms with Gasteiger partial charge in [0.1, 0.15) is 0 Å². The van der Waals surface area contributed by atoms with Crippen LogP contribution in [0.15, 0.2) is 0 Å². The predicted molar refractivity (Wildman–Crippen MR) is 73.5 cm³/mol. The van der Waals surface area contributed by atoms with Crippen molar-refractivity contribution in [3.05, 3.63) is 0 Å². The molecule has 2 aliphatic rings. The largest absolute Gasteiger partial charge is 0.481 e. The molecule has 20 heavy (non-hydrogen) atoms. The Labute approximate surface area is 119 Å². The molecule has 0 aliphatic carbocycles. The highest BCUT2D eigenvalue weighted by molar-refractivity contribution is 5.76. The molecule has 1 N–H and O–H groups in total. The van der Waals surface area contributed by atoms with Gasteiger partial charge in [-0.3, -0.25) is 4.79 Å². The van der Waals surface area contributed by atoms with Gasteiger partial charge in [0.05, 0.1) is 24.7 Å². The van der Waals surface area contributed by atoms with Crippen LogP contribution in [0.25, 0.3) is 0 Å². The normalized spacial score (nSPS) is 28.5. The zero-order chi connectivity index (χ0) is 14.7. The summed E-state index contributed by atoms with van der Waals surface area (Å²) in [6.45, 7) is 6.32. The van der Waals surface area contributed by atoms with Crippen molar-refractivity contribution in [1.29, 1.82) is 0 Å². The van der Waals surface area contributed by atoms with E-state index in [0.29, 0.717) is 39.1 Å². The quantitative estimate of drug-likeness (QED) is 0.832. The Hall–Kier alpha value is -1.30. The molecule has 0 spiro atoms. The van der Waals surface area contributed by atoms with E-state index >= 15 is 0 Å². The van der Waals surface area contributed by atoms with E-state index in [2.05, 4.69) is 6.92 Å². The molecule has 0 aromatic rings. The first-order valence-electron chi connectivity index (χ1n) is 7.42. The average molecular weight is 284 g/mol. The minimum atomic E-state index is -0.747. The fourth-order valence-electron chi connectivity index (χ4n) is 2.92. The van der Waals surface area contributed by atoms with Crippen LogP contribution in [0.5, 0.6) is 0 Å². The number of carboxylic acid groups (broad SMARTS) is 1. The number of amides is 2. The fraction of sp³-hybridized carbons (Fsp3) is 0.857. The number of likely N-dealkylation sites (tertiary alicyclic amines) is 1. The second-order valence-corrected chi connectivity index (χ2v) is 5.74. The molecule has 2 unspecified atom stereocenters. The third-order valence-corrected chi connectivity index (χ3v) is 4.30. The molecule has 114 valence electrons. The molecule has 0 radical (unpaired) electrons. The van der Waals surface area contributed by atoms with Crippen LogP contribution in [-0.4, -0.2) is 65.3 Å². The highest BCUT2D eigenvalue weighted by Gasteiger charge is 2.34. The van der Waals surface area contributed by atoms with Crippen LogP contribution < -0.4 is 0 Å². The molecule has 2 atom stereocenters. The van der Waals surface area contributed by atoms with Crippen molar-refractivity contribution in [2.45, 2.75) is 45.3 Å². The van der Waals surface area contributed by atoms with Gasteiger partial charge in [0.15, 0.2) is 0 Å². The molecular formula is C14H24N2O4. The first kappa shape index (κ1) is 15.1. The maximum absolute atomic E-state index is 12.6. The van der Waals surface area contributed by atoms with E-state index in [1.807, 2.05) is 11.8 Å². The lowest BCUT2D eigenvalue weighted by Gasteiger charge is -2.42. The first-order valence-corrected chi connectivity index (χ1v) is 7.42. The molecule has 2 fully saturated rings. The molecule has 2 aliphatic heterocycles.